The van der Waals surface area contributed by atoms with E-state index in [1.54, 1.807) is 0 Å². The average molecular weight is 318 g/mol. The van der Waals surface area contributed by atoms with E-state index < -0.39 is 0 Å². The van der Waals surface area contributed by atoms with E-state index in [0.717, 1.165) is 43.6 Å². The van der Waals surface area contributed by atoms with Gasteiger partial charge >= 0.3 is 6.03 Å². The molecule has 0 aliphatic carbocycles. The Bertz CT molecular complexity index is 510. The zero-order chi connectivity index (χ0) is 16.5. The highest BCUT2D eigenvalue weighted by atomic mass is 16.2. The van der Waals surface area contributed by atoms with Crippen LogP contribution >= 0.6 is 0 Å². The van der Waals surface area contributed by atoms with Crippen LogP contribution in [0.2, 0.25) is 0 Å². The normalized spacial score (nSPS) is 17.3. The number of rotatable bonds is 6. The molecule has 0 saturated carbocycles. The van der Waals surface area contributed by atoms with Gasteiger partial charge in [0.05, 0.1) is 6.42 Å². The maximum Gasteiger partial charge on any atom is 0.319 e. The summed E-state index contributed by atoms with van der Waals surface area (Å²) in [6, 6.07) is 7.40. The van der Waals surface area contributed by atoms with Crippen LogP contribution in [0, 0.1) is 0 Å². The standard InChI is InChI=1S/C17H26N4O2/c1-2-9-19-17(23)21-14-7-5-13(6-8-14)11-16(22)20-15-4-3-10-18-12-15/h5-8,15,18H,2-4,9-12H2,1H3,(H,20,22)(H2,19,21,23)/t15-/m0/s1. The summed E-state index contributed by atoms with van der Waals surface area (Å²) in [4.78, 5) is 23.6. The van der Waals surface area contributed by atoms with Crippen LogP contribution in [0.5, 0.6) is 0 Å². The molecule has 4 N–H and O–H groups in total. The number of anilines is 1. The van der Waals surface area contributed by atoms with E-state index in [1.807, 2.05) is 31.2 Å². The highest BCUT2D eigenvalue weighted by molar-refractivity contribution is 5.89. The highest BCUT2D eigenvalue weighted by Gasteiger charge is 2.15. The zero-order valence-electron chi connectivity index (χ0n) is 13.7. The van der Waals surface area contributed by atoms with E-state index in [0.29, 0.717) is 13.0 Å². The number of piperidine rings is 1. The minimum absolute atomic E-state index is 0.0418. The van der Waals surface area contributed by atoms with Gasteiger partial charge in [-0.3, -0.25) is 4.79 Å². The molecule has 2 rings (SSSR count). The number of hydrogen-bond donors (Lipinski definition) is 4. The van der Waals surface area contributed by atoms with Gasteiger partial charge in [0.25, 0.3) is 0 Å². The largest absolute Gasteiger partial charge is 0.352 e. The summed E-state index contributed by atoms with van der Waals surface area (Å²) in [6.07, 6.45) is 3.40. The minimum atomic E-state index is -0.206. The Morgan fingerprint density at radius 1 is 1.26 bits per heavy atom. The van der Waals surface area contributed by atoms with Crippen molar-refractivity contribution in [2.24, 2.45) is 0 Å². The van der Waals surface area contributed by atoms with Gasteiger partial charge in [0.2, 0.25) is 5.91 Å². The predicted octanol–water partition coefficient (Wildman–Crippen LogP) is 1.63. The topological polar surface area (TPSA) is 82.3 Å². The summed E-state index contributed by atoms with van der Waals surface area (Å²) in [5.41, 5.74) is 1.66. The molecule has 1 saturated heterocycles. The number of benzene rings is 1. The van der Waals surface area contributed by atoms with Crippen LogP contribution < -0.4 is 21.3 Å². The van der Waals surface area contributed by atoms with Crippen molar-refractivity contribution in [3.63, 3.8) is 0 Å². The lowest BCUT2D eigenvalue weighted by Crippen LogP contribution is -2.46. The molecule has 0 bridgehead atoms. The highest BCUT2D eigenvalue weighted by Crippen LogP contribution is 2.10. The Hall–Kier alpha value is -2.08. The van der Waals surface area contributed by atoms with Gasteiger partial charge < -0.3 is 21.3 Å². The van der Waals surface area contributed by atoms with Crippen molar-refractivity contribution >= 4 is 17.6 Å². The molecule has 3 amide bonds. The second-order valence-electron chi connectivity index (χ2n) is 5.87. The second kappa shape index (κ2) is 9.15. The maximum absolute atomic E-state index is 12.0. The van der Waals surface area contributed by atoms with Crippen LogP contribution in [0.25, 0.3) is 0 Å². The van der Waals surface area contributed by atoms with Gasteiger partial charge in [-0.05, 0) is 43.5 Å². The van der Waals surface area contributed by atoms with E-state index in [4.69, 9.17) is 0 Å². The Balaban J connectivity index is 1.77. The van der Waals surface area contributed by atoms with Crippen molar-refractivity contribution in [2.75, 3.05) is 25.0 Å². The third-order valence-electron chi connectivity index (χ3n) is 3.77. The Morgan fingerprint density at radius 2 is 2.04 bits per heavy atom. The lowest BCUT2D eigenvalue weighted by molar-refractivity contribution is -0.121. The third kappa shape index (κ3) is 6.28. The average Bonchev–Trinajstić information content (AvgIpc) is 2.55. The van der Waals surface area contributed by atoms with Crippen LogP contribution in [0.15, 0.2) is 24.3 Å². The van der Waals surface area contributed by atoms with E-state index in [-0.39, 0.29) is 18.0 Å². The Labute approximate surface area is 137 Å². The summed E-state index contributed by atoms with van der Waals surface area (Å²) >= 11 is 0. The van der Waals surface area contributed by atoms with Crippen molar-refractivity contribution < 1.29 is 9.59 Å². The maximum atomic E-state index is 12.0. The quantitative estimate of drug-likeness (QED) is 0.643. The molecule has 126 valence electrons. The minimum Gasteiger partial charge on any atom is -0.352 e. The first-order chi connectivity index (χ1) is 11.2. The molecule has 0 unspecified atom stereocenters. The van der Waals surface area contributed by atoms with Crippen molar-refractivity contribution in [2.45, 2.75) is 38.6 Å². The fourth-order valence-corrected chi connectivity index (χ4v) is 2.56. The van der Waals surface area contributed by atoms with Gasteiger partial charge in [-0.1, -0.05) is 19.1 Å². The zero-order valence-corrected chi connectivity index (χ0v) is 13.7. The van der Waals surface area contributed by atoms with Gasteiger partial charge in [0, 0.05) is 24.8 Å². The number of nitrogens with one attached hydrogen (secondary N) is 4. The Kier molecular flexibility index (Phi) is 6.87. The monoisotopic (exact) mass is 318 g/mol. The molecule has 23 heavy (non-hydrogen) atoms. The van der Waals surface area contributed by atoms with E-state index in [9.17, 15) is 9.59 Å². The molecule has 1 fully saturated rings. The number of hydrogen-bond acceptors (Lipinski definition) is 3. The first kappa shape index (κ1) is 17.3. The van der Waals surface area contributed by atoms with E-state index >= 15 is 0 Å². The van der Waals surface area contributed by atoms with Gasteiger partial charge in [0.15, 0.2) is 0 Å². The molecule has 0 spiro atoms. The molecule has 0 aromatic heterocycles. The van der Waals surface area contributed by atoms with Gasteiger partial charge in [0.1, 0.15) is 0 Å². The molecular formula is C17H26N4O2. The van der Waals surface area contributed by atoms with Crippen molar-refractivity contribution in [1.82, 2.24) is 16.0 Å². The van der Waals surface area contributed by atoms with E-state index in [2.05, 4.69) is 21.3 Å². The summed E-state index contributed by atoms with van der Waals surface area (Å²) in [6.45, 7) is 4.54. The fourth-order valence-electron chi connectivity index (χ4n) is 2.56. The fraction of sp³-hybridized carbons (Fsp3) is 0.529. The van der Waals surface area contributed by atoms with Gasteiger partial charge in [-0.15, -0.1) is 0 Å². The van der Waals surface area contributed by atoms with E-state index in [1.165, 1.54) is 0 Å². The number of urea groups is 1. The van der Waals surface area contributed by atoms with Crippen molar-refractivity contribution in [1.29, 1.82) is 0 Å². The molecule has 6 heteroatoms. The summed E-state index contributed by atoms with van der Waals surface area (Å²) in [7, 11) is 0. The van der Waals surface area contributed by atoms with Crippen molar-refractivity contribution in [3.8, 4) is 0 Å². The molecular weight excluding hydrogens is 292 g/mol. The molecule has 1 atom stereocenters. The Morgan fingerprint density at radius 3 is 2.70 bits per heavy atom. The first-order valence-electron chi connectivity index (χ1n) is 8.31. The molecule has 1 aromatic carbocycles. The van der Waals surface area contributed by atoms with Crippen LogP contribution in [-0.2, 0) is 11.2 Å². The van der Waals surface area contributed by atoms with Gasteiger partial charge in [-0.25, -0.2) is 4.79 Å². The summed E-state index contributed by atoms with van der Waals surface area (Å²) in [5, 5.41) is 11.9. The smallest absolute Gasteiger partial charge is 0.319 e. The van der Waals surface area contributed by atoms with Crippen LogP contribution in [0.3, 0.4) is 0 Å². The van der Waals surface area contributed by atoms with Crippen LogP contribution in [0.4, 0.5) is 10.5 Å². The van der Waals surface area contributed by atoms with Gasteiger partial charge in [-0.2, -0.15) is 0 Å². The van der Waals surface area contributed by atoms with Crippen molar-refractivity contribution in [3.05, 3.63) is 29.8 Å². The summed E-state index contributed by atoms with van der Waals surface area (Å²) < 4.78 is 0. The third-order valence-corrected chi connectivity index (χ3v) is 3.77. The molecule has 0 radical (unpaired) electrons. The van der Waals surface area contributed by atoms with Crippen LogP contribution in [0.1, 0.15) is 31.7 Å². The molecule has 6 nitrogen and oxygen atoms in total. The predicted molar refractivity (Wildman–Crippen MR) is 91.5 cm³/mol. The number of amides is 3. The number of carbonyl (C=O) groups excluding carboxylic acids is 2. The van der Waals surface area contributed by atoms with Crippen LogP contribution in [-0.4, -0.2) is 37.6 Å². The molecule has 1 aromatic rings. The molecule has 1 aliphatic rings. The molecule has 1 aliphatic heterocycles. The first-order valence-corrected chi connectivity index (χ1v) is 8.31. The number of carbonyl (C=O) groups is 2. The summed E-state index contributed by atoms with van der Waals surface area (Å²) in [5.74, 6) is 0.0418. The SMILES string of the molecule is CCCNC(=O)Nc1ccc(CC(=O)N[C@H]2CCCNC2)cc1. The second-order valence-corrected chi connectivity index (χ2v) is 5.87. The lowest BCUT2D eigenvalue weighted by Gasteiger charge is -2.23. The molecule has 1 heterocycles. The lowest BCUT2D eigenvalue weighted by atomic mass is 10.1.